The minimum atomic E-state index is -4.73. The van der Waals surface area contributed by atoms with Crippen molar-refractivity contribution in [2.24, 2.45) is 0 Å². The molecule has 0 fully saturated rings. The van der Waals surface area contributed by atoms with Crippen LogP contribution in [0.2, 0.25) is 0 Å². The average molecular weight is 324 g/mol. The number of alkyl halides is 3. The highest BCUT2D eigenvalue weighted by atomic mass is 32.1. The van der Waals surface area contributed by atoms with Gasteiger partial charge in [0, 0.05) is 6.07 Å². The molecule has 0 bridgehead atoms. The maximum Gasteiger partial charge on any atom is 0.573 e. The van der Waals surface area contributed by atoms with E-state index >= 15 is 0 Å². The van der Waals surface area contributed by atoms with Gasteiger partial charge < -0.3 is 10.5 Å². The highest BCUT2D eigenvalue weighted by Gasteiger charge is 2.31. The third-order valence-electron chi connectivity index (χ3n) is 3.03. The van der Waals surface area contributed by atoms with Crippen LogP contribution in [0.5, 0.6) is 5.75 Å². The Hall–Kier alpha value is -2.28. The molecule has 7 heteroatoms. The summed E-state index contributed by atoms with van der Waals surface area (Å²) in [6.07, 6.45) is -4.27. The number of aromatic nitrogens is 1. The first-order chi connectivity index (χ1) is 10.4. The number of rotatable bonds is 3. The number of halogens is 3. The van der Waals surface area contributed by atoms with Crippen molar-refractivity contribution >= 4 is 26.7 Å². The van der Waals surface area contributed by atoms with Gasteiger partial charge in [-0.2, -0.15) is 0 Å². The lowest BCUT2D eigenvalue weighted by atomic mass is 10.0. The molecule has 0 atom stereocenters. The predicted octanol–water partition coefficient (Wildman–Crippen LogP) is 4.37. The lowest BCUT2D eigenvalue weighted by Gasteiger charge is -2.11. The van der Waals surface area contributed by atoms with E-state index < -0.39 is 6.36 Å². The summed E-state index contributed by atoms with van der Waals surface area (Å²) in [6.45, 7) is 0. The van der Waals surface area contributed by atoms with E-state index in [0.717, 1.165) is 16.9 Å². The van der Waals surface area contributed by atoms with E-state index in [0.29, 0.717) is 27.3 Å². The van der Waals surface area contributed by atoms with Gasteiger partial charge in [0.25, 0.3) is 0 Å². The quantitative estimate of drug-likeness (QED) is 0.778. The van der Waals surface area contributed by atoms with Crippen LogP contribution in [0.15, 0.2) is 42.5 Å². The predicted molar refractivity (Wildman–Crippen MR) is 80.0 cm³/mol. The highest BCUT2D eigenvalue weighted by molar-refractivity contribution is 7.22. The molecule has 0 radical (unpaired) electrons. The second-order valence-electron chi connectivity index (χ2n) is 4.69. The van der Waals surface area contributed by atoms with E-state index in [9.17, 15) is 13.2 Å². The van der Waals surface area contributed by atoms with Gasteiger partial charge in [0.05, 0.1) is 10.2 Å². The van der Waals surface area contributed by atoms with Gasteiger partial charge in [-0.15, -0.1) is 13.2 Å². The van der Waals surface area contributed by atoms with Crippen molar-refractivity contribution in [2.75, 3.05) is 5.73 Å². The fourth-order valence-corrected chi connectivity index (χ4v) is 3.04. The van der Waals surface area contributed by atoms with Crippen LogP contribution in [-0.2, 0) is 6.42 Å². The first-order valence-corrected chi connectivity index (χ1v) is 7.21. The van der Waals surface area contributed by atoms with E-state index in [1.165, 1.54) is 12.1 Å². The van der Waals surface area contributed by atoms with Gasteiger partial charge in [0.15, 0.2) is 5.13 Å². The van der Waals surface area contributed by atoms with Crippen LogP contribution in [-0.4, -0.2) is 11.3 Å². The fraction of sp³-hybridized carbons (Fsp3) is 0.133. The highest BCUT2D eigenvalue weighted by Crippen LogP contribution is 2.34. The van der Waals surface area contributed by atoms with Crippen LogP contribution in [0.1, 0.15) is 11.1 Å². The lowest BCUT2D eigenvalue weighted by molar-refractivity contribution is -0.274. The molecule has 114 valence electrons. The van der Waals surface area contributed by atoms with Gasteiger partial charge in [-0.05, 0) is 23.6 Å². The number of nitrogen functional groups attached to an aromatic ring is 1. The molecular formula is C15H11F3N2OS. The Labute approximate surface area is 128 Å². The monoisotopic (exact) mass is 324 g/mol. The number of ether oxygens (including phenoxy) is 1. The average Bonchev–Trinajstić information content (AvgIpc) is 2.78. The smallest absolute Gasteiger partial charge is 0.406 e. The molecule has 0 aliphatic rings. The van der Waals surface area contributed by atoms with Crippen molar-refractivity contribution in [3.63, 3.8) is 0 Å². The number of thiazole rings is 1. The zero-order chi connectivity index (χ0) is 15.7. The van der Waals surface area contributed by atoms with Gasteiger partial charge in [-0.25, -0.2) is 4.98 Å². The summed E-state index contributed by atoms with van der Waals surface area (Å²) in [5, 5.41) is 0.313. The molecule has 0 saturated carbocycles. The summed E-state index contributed by atoms with van der Waals surface area (Å²) in [5.74, 6) is -0.255. The first-order valence-electron chi connectivity index (χ1n) is 6.39. The molecule has 0 spiro atoms. The maximum absolute atomic E-state index is 12.4. The molecule has 0 aliphatic heterocycles. The lowest BCUT2D eigenvalue weighted by Crippen LogP contribution is -2.17. The summed E-state index contributed by atoms with van der Waals surface area (Å²) >= 11 is 1.14. The zero-order valence-corrected chi connectivity index (χ0v) is 12.0. The fourth-order valence-electron chi connectivity index (χ4n) is 2.23. The molecule has 0 aliphatic carbocycles. The number of nitrogens with two attached hydrogens (primary N) is 1. The molecule has 1 heterocycles. The van der Waals surface area contributed by atoms with Crippen molar-refractivity contribution < 1.29 is 17.9 Å². The Kier molecular flexibility index (Phi) is 3.66. The molecule has 2 N–H and O–H groups in total. The minimum Gasteiger partial charge on any atom is -0.406 e. The van der Waals surface area contributed by atoms with Crippen molar-refractivity contribution in [3.8, 4) is 5.75 Å². The molecule has 0 amide bonds. The molecule has 2 aromatic carbocycles. The zero-order valence-electron chi connectivity index (χ0n) is 11.2. The Morgan fingerprint density at radius 1 is 1.14 bits per heavy atom. The maximum atomic E-state index is 12.4. The topological polar surface area (TPSA) is 48.1 Å². The second kappa shape index (κ2) is 5.49. The largest absolute Gasteiger partial charge is 0.573 e. The van der Waals surface area contributed by atoms with Crippen LogP contribution < -0.4 is 10.5 Å². The molecule has 0 unspecified atom stereocenters. The Bertz CT molecular complexity index is 800. The number of anilines is 1. The molecular weight excluding hydrogens is 313 g/mol. The van der Waals surface area contributed by atoms with Crippen molar-refractivity contribution in [3.05, 3.63) is 53.6 Å². The van der Waals surface area contributed by atoms with E-state index in [-0.39, 0.29) is 5.75 Å². The van der Waals surface area contributed by atoms with Crippen molar-refractivity contribution in [1.29, 1.82) is 0 Å². The van der Waals surface area contributed by atoms with E-state index in [1.54, 1.807) is 0 Å². The number of fused-ring (bicyclic) bond motifs is 1. The number of benzene rings is 2. The first kappa shape index (κ1) is 14.6. The third kappa shape index (κ3) is 3.30. The van der Waals surface area contributed by atoms with Crippen molar-refractivity contribution in [2.45, 2.75) is 12.8 Å². The van der Waals surface area contributed by atoms with Crippen LogP contribution in [0, 0.1) is 0 Å². The second-order valence-corrected chi connectivity index (χ2v) is 5.75. The normalized spacial score (nSPS) is 11.8. The number of hydrogen-bond donors (Lipinski definition) is 1. The van der Waals surface area contributed by atoms with E-state index in [1.807, 2.05) is 30.3 Å². The molecule has 1 aromatic heterocycles. The van der Waals surface area contributed by atoms with E-state index in [2.05, 4.69) is 9.72 Å². The molecule has 22 heavy (non-hydrogen) atoms. The van der Waals surface area contributed by atoms with Gasteiger partial charge >= 0.3 is 6.36 Å². The van der Waals surface area contributed by atoms with Gasteiger partial charge in [-0.3, -0.25) is 0 Å². The molecule has 3 nitrogen and oxygen atoms in total. The third-order valence-corrected chi connectivity index (χ3v) is 3.87. The van der Waals surface area contributed by atoms with Gasteiger partial charge in [-0.1, -0.05) is 41.7 Å². The summed E-state index contributed by atoms with van der Waals surface area (Å²) < 4.78 is 41.9. The summed E-state index contributed by atoms with van der Waals surface area (Å²) in [4.78, 5) is 4.21. The number of hydrogen-bond acceptors (Lipinski definition) is 4. The van der Waals surface area contributed by atoms with Gasteiger partial charge in [0.2, 0.25) is 0 Å². The van der Waals surface area contributed by atoms with Gasteiger partial charge in [0.1, 0.15) is 5.75 Å². The SMILES string of the molecule is Nc1nc2c(Cc3ccccc3)cc(OC(F)(F)F)cc2s1. The minimum absolute atomic E-state index is 0.255. The summed E-state index contributed by atoms with van der Waals surface area (Å²) in [5.41, 5.74) is 7.91. The van der Waals surface area contributed by atoms with Crippen molar-refractivity contribution in [1.82, 2.24) is 4.98 Å². The van der Waals surface area contributed by atoms with Crippen LogP contribution in [0.25, 0.3) is 10.2 Å². The van der Waals surface area contributed by atoms with Crippen LogP contribution >= 0.6 is 11.3 Å². The Morgan fingerprint density at radius 3 is 2.55 bits per heavy atom. The van der Waals surface area contributed by atoms with E-state index in [4.69, 9.17) is 5.73 Å². The Morgan fingerprint density at radius 2 is 1.86 bits per heavy atom. The Balaban J connectivity index is 2.06. The summed E-state index contributed by atoms with van der Waals surface area (Å²) in [7, 11) is 0. The number of nitrogens with zero attached hydrogens (tertiary/aromatic N) is 1. The molecule has 3 aromatic rings. The van der Waals surface area contributed by atoms with Crippen LogP contribution in [0.3, 0.4) is 0 Å². The summed E-state index contributed by atoms with van der Waals surface area (Å²) in [6, 6.07) is 12.1. The molecule has 0 saturated heterocycles. The molecule has 3 rings (SSSR count). The van der Waals surface area contributed by atoms with Crippen LogP contribution in [0.4, 0.5) is 18.3 Å². The standard InChI is InChI=1S/C15H11F3N2OS/c16-15(17,18)21-11-7-10(6-9-4-2-1-3-5-9)13-12(8-11)22-14(19)20-13/h1-5,7-8H,6H2,(H2,19,20).